The number of esters is 1. The summed E-state index contributed by atoms with van der Waals surface area (Å²) in [6, 6.07) is 0. The van der Waals surface area contributed by atoms with E-state index in [-0.39, 0.29) is 12.7 Å². The highest BCUT2D eigenvalue weighted by Gasteiger charge is 2.31. The van der Waals surface area contributed by atoms with Crippen LogP contribution in [-0.4, -0.2) is 35.5 Å². The van der Waals surface area contributed by atoms with Crippen molar-refractivity contribution in [3.63, 3.8) is 0 Å². The molecule has 1 aliphatic carbocycles. The summed E-state index contributed by atoms with van der Waals surface area (Å²) in [4.78, 5) is 11.3. The van der Waals surface area contributed by atoms with E-state index < -0.39 is 17.7 Å². The summed E-state index contributed by atoms with van der Waals surface area (Å²) in [5, 5.41) is 9.11. The first-order valence-corrected chi connectivity index (χ1v) is 7.24. The largest absolute Gasteiger partial charge is 0.461 e. The standard InChI is InChI=1S/C16H28O4/c1-11(17)14(18)19-10-16(5,6)20-12(2)13-7-8-15(3,4)9-13/h7,11-12,17H,8-10H2,1-6H3/t11-,12?/m1/s1. The summed E-state index contributed by atoms with van der Waals surface area (Å²) >= 11 is 0. The van der Waals surface area contributed by atoms with Gasteiger partial charge in [0.2, 0.25) is 0 Å². The Morgan fingerprint density at radius 2 is 2.05 bits per heavy atom. The summed E-state index contributed by atoms with van der Waals surface area (Å²) in [5.74, 6) is -0.615. The molecule has 0 heterocycles. The van der Waals surface area contributed by atoms with Crippen molar-refractivity contribution < 1.29 is 19.4 Å². The smallest absolute Gasteiger partial charge is 0.334 e. The zero-order valence-electron chi connectivity index (χ0n) is 13.5. The summed E-state index contributed by atoms with van der Waals surface area (Å²) in [7, 11) is 0. The van der Waals surface area contributed by atoms with E-state index in [1.165, 1.54) is 12.5 Å². The van der Waals surface area contributed by atoms with Crippen molar-refractivity contribution in [2.45, 2.75) is 72.2 Å². The van der Waals surface area contributed by atoms with E-state index in [1.807, 2.05) is 20.8 Å². The van der Waals surface area contributed by atoms with Crippen molar-refractivity contribution >= 4 is 5.97 Å². The first-order chi connectivity index (χ1) is 9.02. The van der Waals surface area contributed by atoms with Crippen LogP contribution < -0.4 is 0 Å². The number of aliphatic hydroxyl groups excluding tert-OH is 1. The second-order valence-electron chi connectivity index (χ2n) is 7.13. The van der Waals surface area contributed by atoms with Crippen LogP contribution in [0.3, 0.4) is 0 Å². The van der Waals surface area contributed by atoms with Crippen LogP contribution in [0.15, 0.2) is 11.6 Å². The summed E-state index contributed by atoms with van der Waals surface area (Å²) in [6.45, 7) is 11.8. The lowest BCUT2D eigenvalue weighted by Gasteiger charge is -2.30. The molecule has 20 heavy (non-hydrogen) atoms. The number of allylic oxidation sites excluding steroid dienone is 1. The van der Waals surface area contributed by atoms with Gasteiger partial charge in [-0.05, 0) is 51.5 Å². The molecule has 0 saturated heterocycles. The fraction of sp³-hybridized carbons (Fsp3) is 0.812. The molecular formula is C16H28O4. The molecule has 0 bridgehead atoms. The first-order valence-electron chi connectivity index (χ1n) is 7.24. The topological polar surface area (TPSA) is 55.8 Å². The maximum absolute atomic E-state index is 11.3. The number of carbonyl (C=O) groups is 1. The second kappa shape index (κ2) is 6.27. The van der Waals surface area contributed by atoms with Crippen molar-refractivity contribution in [1.29, 1.82) is 0 Å². The Bertz CT molecular complexity index is 380. The van der Waals surface area contributed by atoms with Gasteiger partial charge in [-0.3, -0.25) is 0 Å². The molecule has 1 N–H and O–H groups in total. The van der Waals surface area contributed by atoms with Crippen LogP contribution in [0.5, 0.6) is 0 Å². The molecule has 0 amide bonds. The summed E-state index contributed by atoms with van der Waals surface area (Å²) < 4.78 is 11.1. The van der Waals surface area contributed by atoms with E-state index in [0.717, 1.165) is 12.8 Å². The third-order valence-corrected chi connectivity index (χ3v) is 3.52. The van der Waals surface area contributed by atoms with Gasteiger partial charge in [0.15, 0.2) is 0 Å². The molecule has 0 aliphatic heterocycles. The maximum Gasteiger partial charge on any atom is 0.334 e. The van der Waals surface area contributed by atoms with E-state index in [9.17, 15) is 4.79 Å². The molecule has 1 unspecified atom stereocenters. The van der Waals surface area contributed by atoms with Crippen molar-refractivity contribution in [3.05, 3.63) is 11.6 Å². The van der Waals surface area contributed by atoms with Crippen LogP contribution in [0, 0.1) is 5.41 Å². The van der Waals surface area contributed by atoms with Gasteiger partial charge in [-0.1, -0.05) is 19.9 Å². The van der Waals surface area contributed by atoms with Crippen LogP contribution in [0.2, 0.25) is 0 Å². The minimum Gasteiger partial charge on any atom is -0.461 e. The lowest BCUT2D eigenvalue weighted by atomic mass is 9.89. The van der Waals surface area contributed by atoms with E-state index in [2.05, 4.69) is 19.9 Å². The van der Waals surface area contributed by atoms with Crippen LogP contribution in [0.25, 0.3) is 0 Å². The number of hydrogen-bond acceptors (Lipinski definition) is 4. The minimum absolute atomic E-state index is 0.0111. The van der Waals surface area contributed by atoms with Gasteiger partial charge in [-0.2, -0.15) is 0 Å². The molecule has 0 radical (unpaired) electrons. The molecule has 4 heteroatoms. The summed E-state index contributed by atoms with van der Waals surface area (Å²) in [5.41, 5.74) is 1.05. The molecule has 0 aromatic rings. The molecule has 1 aliphatic rings. The van der Waals surface area contributed by atoms with Gasteiger partial charge >= 0.3 is 5.97 Å². The van der Waals surface area contributed by atoms with E-state index >= 15 is 0 Å². The highest BCUT2D eigenvalue weighted by molar-refractivity contribution is 5.73. The van der Waals surface area contributed by atoms with Crippen LogP contribution in [0.1, 0.15) is 54.4 Å². The van der Waals surface area contributed by atoms with Crippen molar-refractivity contribution in [2.75, 3.05) is 6.61 Å². The zero-order chi connectivity index (χ0) is 15.6. The molecule has 0 spiro atoms. The van der Waals surface area contributed by atoms with Crippen LogP contribution in [0.4, 0.5) is 0 Å². The Hall–Kier alpha value is -0.870. The van der Waals surface area contributed by atoms with Crippen molar-refractivity contribution in [1.82, 2.24) is 0 Å². The minimum atomic E-state index is -1.10. The van der Waals surface area contributed by atoms with E-state index in [4.69, 9.17) is 14.6 Å². The average molecular weight is 284 g/mol. The molecule has 0 aromatic carbocycles. The first kappa shape index (κ1) is 17.2. The quantitative estimate of drug-likeness (QED) is 0.602. The Morgan fingerprint density at radius 3 is 2.50 bits per heavy atom. The highest BCUT2D eigenvalue weighted by Crippen LogP contribution is 2.38. The predicted octanol–water partition coefficient (Wildman–Crippen LogP) is 2.84. The third-order valence-electron chi connectivity index (χ3n) is 3.52. The monoisotopic (exact) mass is 284 g/mol. The molecule has 0 fully saturated rings. The van der Waals surface area contributed by atoms with Gasteiger partial charge in [0.25, 0.3) is 0 Å². The van der Waals surface area contributed by atoms with Gasteiger partial charge in [-0.25, -0.2) is 4.79 Å². The van der Waals surface area contributed by atoms with Gasteiger partial charge in [-0.15, -0.1) is 0 Å². The van der Waals surface area contributed by atoms with Crippen molar-refractivity contribution in [3.8, 4) is 0 Å². The fourth-order valence-corrected chi connectivity index (χ4v) is 2.37. The van der Waals surface area contributed by atoms with Gasteiger partial charge in [0.1, 0.15) is 12.7 Å². The molecular weight excluding hydrogens is 256 g/mol. The predicted molar refractivity (Wildman–Crippen MR) is 78.4 cm³/mol. The van der Waals surface area contributed by atoms with Gasteiger partial charge < -0.3 is 14.6 Å². The Kier molecular flexibility index (Phi) is 5.39. The van der Waals surface area contributed by atoms with E-state index in [1.54, 1.807) is 0 Å². The average Bonchev–Trinajstić information content (AvgIpc) is 2.66. The maximum atomic E-state index is 11.3. The number of rotatable bonds is 6. The number of ether oxygens (including phenoxy) is 2. The van der Waals surface area contributed by atoms with Gasteiger partial charge in [0.05, 0.1) is 11.7 Å². The number of carbonyl (C=O) groups excluding carboxylic acids is 1. The fourth-order valence-electron chi connectivity index (χ4n) is 2.37. The molecule has 4 nitrogen and oxygen atoms in total. The lowest BCUT2D eigenvalue weighted by Crippen LogP contribution is -2.37. The number of aliphatic hydroxyl groups is 1. The van der Waals surface area contributed by atoms with Crippen LogP contribution in [-0.2, 0) is 14.3 Å². The van der Waals surface area contributed by atoms with Crippen molar-refractivity contribution in [2.24, 2.45) is 5.41 Å². The lowest BCUT2D eigenvalue weighted by molar-refractivity contribution is -0.163. The molecule has 0 saturated carbocycles. The number of hydrogen-bond donors (Lipinski definition) is 1. The Labute approximate surface area is 122 Å². The van der Waals surface area contributed by atoms with Crippen LogP contribution >= 0.6 is 0 Å². The normalized spacial score (nSPS) is 21.2. The Morgan fingerprint density at radius 1 is 1.45 bits per heavy atom. The third kappa shape index (κ3) is 5.25. The highest BCUT2D eigenvalue weighted by atomic mass is 16.6. The molecule has 0 aromatic heterocycles. The van der Waals surface area contributed by atoms with E-state index in [0.29, 0.717) is 5.41 Å². The molecule has 1 rings (SSSR count). The van der Waals surface area contributed by atoms with Gasteiger partial charge in [0, 0.05) is 0 Å². The SMILES string of the molecule is CC(OC(C)(C)COC(=O)[C@@H](C)O)C1=CCC(C)(C)C1. The summed E-state index contributed by atoms with van der Waals surface area (Å²) in [6.07, 6.45) is 3.28. The second-order valence-corrected chi connectivity index (χ2v) is 7.13. The molecule has 116 valence electrons. The molecule has 2 atom stereocenters. The Balaban J connectivity index is 2.48. The zero-order valence-corrected chi connectivity index (χ0v) is 13.5.